The van der Waals surface area contributed by atoms with E-state index in [1.807, 2.05) is 19.1 Å². The Hall–Kier alpha value is -0.130. The fourth-order valence-electron chi connectivity index (χ4n) is 1.36. The van der Waals surface area contributed by atoms with Crippen molar-refractivity contribution in [3.8, 4) is 0 Å². The maximum absolute atomic E-state index is 12.0. The van der Waals surface area contributed by atoms with Crippen molar-refractivity contribution < 1.29 is 9.53 Å². The van der Waals surface area contributed by atoms with Gasteiger partial charge >= 0.3 is 0 Å². The standard InChI is InChI=1S/C12H14ClIO2/c1-8(5-6-16-2)12(15)9-3-4-11(14)10(13)7-9/h3-4,7-8H,5-6H2,1-2H3. The Morgan fingerprint density at radius 3 is 2.81 bits per heavy atom. The zero-order valence-corrected chi connectivity index (χ0v) is 12.2. The second-order valence-electron chi connectivity index (χ2n) is 3.68. The van der Waals surface area contributed by atoms with Crippen LogP contribution in [0.2, 0.25) is 5.02 Å². The third kappa shape index (κ3) is 3.71. The predicted molar refractivity (Wildman–Crippen MR) is 74.2 cm³/mol. The number of carbonyl (C=O) groups excluding carboxylic acids is 1. The van der Waals surface area contributed by atoms with E-state index in [9.17, 15) is 4.79 Å². The Morgan fingerprint density at radius 1 is 1.56 bits per heavy atom. The summed E-state index contributed by atoms with van der Waals surface area (Å²) < 4.78 is 5.92. The highest BCUT2D eigenvalue weighted by atomic mass is 127. The average molecular weight is 353 g/mol. The lowest BCUT2D eigenvalue weighted by Gasteiger charge is -2.10. The molecule has 0 amide bonds. The van der Waals surface area contributed by atoms with Gasteiger partial charge in [0.1, 0.15) is 0 Å². The maximum Gasteiger partial charge on any atom is 0.165 e. The molecule has 1 aromatic rings. The van der Waals surface area contributed by atoms with Crippen LogP contribution in [0.25, 0.3) is 0 Å². The number of halogens is 2. The minimum absolute atomic E-state index is 0.0314. The first-order chi connectivity index (χ1) is 7.56. The van der Waals surface area contributed by atoms with Gasteiger partial charge in [0.15, 0.2) is 5.78 Å². The molecule has 1 atom stereocenters. The number of ether oxygens (including phenoxy) is 1. The van der Waals surface area contributed by atoms with Crippen LogP contribution in [0.3, 0.4) is 0 Å². The van der Waals surface area contributed by atoms with Gasteiger partial charge in [0.05, 0.1) is 5.02 Å². The number of rotatable bonds is 5. The molecule has 1 aromatic carbocycles. The first-order valence-corrected chi connectivity index (χ1v) is 6.50. The molecule has 4 heteroatoms. The maximum atomic E-state index is 12.0. The molecule has 0 aliphatic heterocycles. The lowest BCUT2D eigenvalue weighted by molar-refractivity contribution is 0.0893. The highest BCUT2D eigenvalue weighted by Crippen LogP contribution is 2.21. The van der Waals surface area contributed by atoms with Gasteiger partial charge in [0.2, 0.25) is 0 Å². The molecule has 0 N–H and O–H groups in total. The normalized spacial score (nSPS) is 12.5. The lowest BCUT2D eigenvalue weighted by Crippen LogP contribution is -2.13. The monoisotopic (exact) mass is 352 g/mol. The highest BCUT2D eigenvalue weighted by Gasteiger charge is 2.15. The van der Waals surface area contributed by atoms with E-state index in [1.165, 1.54) is 0 Å². The Morgan fingerprint density at radius 2 is 2.25 bits per heavy atom. The van der Waals surface area contributed by atoms with Gasteiger partial charge < -0.3 is 4.74 Å². The molecule has 2 nitrogen and oxygen atoms in total. The van der Waals surface area contributed by atoms with Gasteiger partial charge in [0.25, 0.3) is 0 Å². The Kier molecular flexibility index (Phi) is 5.72. The lowest BCUT2D eigenvalue weighted by atomic mass is 9.97. The molecule has 88 valence electrons. The van der Waals surface area contributed by atoms with Crippen molar-refractivity contribution in [2.75, 3.05) is 13.7 Å². The Bertz CT molecular complexity index is 379. The molecule has 0 spiro atoms. The van der Waals surface area contributed by atoms with Crippen LogP contribution >= 0.6 is 34.2 Å². The molecule has 0 heterocycles. The molecular weight excluding hydrogens is 338 g/mol. The van der Waals surface area contributed by atoms with Crippen LogP contribution in [-0.2, 0) is 4.74 Å². The van der Waals surface area contributed by atoms with Crippen molar-refractivity contribution in [1.82, 2.24) is 0 Å². The number of hydrogen-bond donors (Lipinski definition) is 0. The van der Waals surface area contributed by atoms with E-state index in [-0.39, 0.29) is 11.7 Å². The van der Waals surface area contributed by atoms with Gasteiger partial charge in [-0.05, 0) is 41.1 Å². The fourth-order valence-corrected chi connectivity index (χ4v) is 1.88. The largest absolute Gasteiger partial charge is 0.385 e. The van der Waals surface area contributed by atoms with E-state index in [2.05, 4.69) is 22.6 Å². The summed E-state index contributed by atoms with van der Waals surface area (Å²) in [6.07, 6.45) is 0.735. The molecule has 0 aromatic heterocycles. The number of ketones is 1. The summed E-state index contributed by atoms with van der Waals surface area (Å²) in [7, 11) is 1.64. The molecule has 1 rings (SSSR count). The molecule has 0 radical (unpaired) electrons. The second-order valence-corrected chi connectivity index (χ2v) is 5.25. The van der Waals surface area contributed by atoms with E-state index in [0.29, 0.717) is 17.2 Å². The number of methoxy groups -OCH3 is 1. The summed E-state index contributed by atoms with van der Waals surface area (Å²) in [6.45, 7) is 2.51. The molecule has 0 saturated carbocycles. The van der Waals surface area contributed by atoms with Crippen molar-refractivity contribution in [1.29, 1.82) is 0 Å². The summed E-state index contributed by atoms with van der Waals surface area (Å²) in [4.78, 5) is 12.0. The van der Waals surface area contributed by atoms with E-state index >= 15 is 0 Å². The predicted octanol–water partition coefficient (Wildman–Crippen LogP) is 3.80. The summed E-state index contributed by atoms with van der Waals surface area (Å²) in [5, 5.41) is 0.630. The second kappa shape index (κ2) is 6.57. The first-order valence-electron chi connectivity index (χ1n) is 5.04. The molecule has 1 unspecified atom stereocenters. The number of Topliss-reactive ketones (excluding diaryl/α,β-unsaturated/α-hetero) is 1. The van der Waals surface area contributed by atoms with E-state index < -0.39 is 0 Å². The molecule has 0 fully saturated rings. The van der Waals surface area contributed by atoms with E-state index in [1.54, 1.807) is 13.2 Å². The van der Waals surface area contributed by atoms with Gasteiger partial charge in [-0.2, -0.15) is 0 Å². The number of hydrogen-bond acceptors (Lipinski definition) is 2. The first kappa shape index (κ1) is 13.9. The summed E-state index contributed by atoms with van der Waals surface area (Å²) in [6, 6.07) is 5.41. The zero-order valence-electron chi connectivity index (χ0n) is 9.30. The molecular formula is C12H14ClIO2. The third-order valence-corrected chi connectivity index (χ3v) is 3.98. The molecule has 0 bridgehead atoms. The van der Waals surface area contributed by atoms with Crippen molar-refractivity contribution >= 4 is 40.0 Å². The molecule has 16 heavy (non-hydrogen) atoms. The van der Waals surface area contributed by atoms with Gasteiger partial charge in [-0.25, -0.2) is 0 Å². The van der Waals surface area contributed by atoms with Crippen LogP contribution in [0.1, 0.15) is 23.7 Å². The summed E-state index contributed by atoms with van der Waals surface area (Å²) in [5.41, 5.74) is 0.675. The number of carbonyl (C=O) groups is 1. The van der Waals surface area contributed by atoms with Gasteiger partial charge in [-0.15, -0.1) is 0 Å². The van der Waals surface area contributed by atoms with Crippen molar-refractivity contribution in [2.45, 2.75) is 13.3 Å². The van der Waals surface area contributed by atoms with E-state index in [0.717, 1.165) is 9.99 Å². The zero-order chi connectivity index (χ0) is 12.1. The van der Waals surface area contributed by atoms with Gasteiger partial charge in [-0.3, -0.25) is 4.79 Å². The highest BCUT2D eigenvalue weighted by molar-refractivity contribution is 14.1. The van der Waals surface area contributed by atoms with Crippen molar-refractivity contribution in [3.63, 3.8) is 0 Å². The van der Waals surface area contributed by atoms with Crippen LogP contribution in [0, 0.1) is 9.49 Å². The van der Waals surface area contributed by atoms with Gasteiger partial charge in [-0.1, -0.05) is 24.6 Å². The minimum atomic E-state index is -0.0314. The molecule has 0 aliphatic rings. The van der Waals surface area contributed by atoms with Crippen LogP contribution < -0.4 is 0 Å². The quantitative estimate of drug-likeness (QED) is 0.595. The van der Waals surface area contributed by atoms with Crippen molar-refractivity contribution in [3.05, 3.63) is 32.4 Å². The van der Waals surface area contributed by atoms with Crippen LogP contribution in [0.5, 0.6) is 0 Å². The molecule has 0 aliphatic carbocycles. The van der Waals surface area contributed by atoms with Crippen LogP contribution in [0.15, 0.2) is 18.2 Å². The van der Waals surface area contributed by atoms with Crippen LogP contribution in [0.4, 0.5) is 0 Å². The average Bonchev–Trinajstić information content (AvgIpc) is 2.28. The Labute approximate surface area is 114 Å². The van der Waals surface area contributed by atoms with E-state index in [4.69, 9.17) is 16.3 Å². The minimum Gasteiger partial charge on any atom is -0.385 e. The fraction of sp³-hybridized carbons (Fsp3) is 0.417. The van der Waals surface area contributed by atoms with Crippen LogP contribution in [-0.4, -0.2) is 19.5 Å². The third-order valence-electron chi connectivity index (χ3n) is 2.41. The smallest absolute Gasteiger partial charge is 0.165 e. The van der Waals surface area contributed by atoms with Gasteiger partial charge in [0, 0.05) is 28.8 Å². The molecule has 0 saturated heterocycles. The number of benzene rings is 1. The Balaban J connectivity index is 2.76. The summed E-state index contributed by atoms with van der Waals surface area (Å²) in [5.74, 6) is 0.0893. The summed E-state index contributed by atoms with van der Waals surface area (Å²) >= 11 is 8.12. The van der Waals surface area contributed by atoms with Crippen molar-refractivity contribution in [2.24, 2.45) is 5.92 Å². The topological polar surface area (TPSA) is 26.3 Å². The SMILES string of the molecule is COCCC(C)C(=O)c1ccc(I)c(Cl)c1.